The highest BCUT2D eigenvalue weighted by Gasteiger charge is 2.32. The fourth-order valence-electron chi connectivity index (χ4n) is 0.795. The zero-order valence-electron chi connectivity index (χ0n) is 7.59. The van der Waals surface area contributed by atoms with Crippen LogP contribution in [0.5, 0.6) is 0 Å². The molecule has 0 aromatic carbocycles. The molecule has 0 radical (unpaired) electrons. The second kappa shape index (κ2) is 6.37. The van der Waals surface area contributed by atoms with Crippen molar-refractivity contribution < 1.29 is 9.59 Å². The molecule has 78 valence electrons. The van der Waals surface area contributed by atoms with Crippen molar-refractivity contribution in [2.45, 2.75) is 31.0 Å². The number of rotatable bonds is 3. The summed E-state index contributed by atoms with van der Waals surface area (Å²) in [5, 5.41) is 2.04. The molecular weight excluding hydrogens is 304 g/mol. The number of alkyl halides is 1. The summed E-state index contributed by atoms with van der Waals surface area (Å²) < 4.78 is -0.665. The van der Waals surface area contributed by atoms with Gasteiger partial charge in [0.1, 0.15) is 4.32 Å². The van der Waals surface area contributed by atoms with Gasteiger partial charge < -0.3 is 5.73 Å². The van der Waals surface area contributed by atoms with Crippen LogP contribution in [0.1, 0.15) is 26.7 Å². The summed E-state index contributed by atoms with van der Waals surface area (Å²) in [5.74, 6) is -0.375. The predicted octanol–water partition coefficient (Wildman–Crippen LogP) is 1.71. The Balaban J connectivity index is 0. The van der Waals surface area contributed by atoms with Crippen LogP contribution < -0.4 is 11.1 Å². The maximum Gasteiger partial charge on any atom is 0.318 e. The minimum atomic E-state index is -0.814. The summed E-state index contributed by atoms with van der Waals surface area (Å²) in [5.41, 5.74) is 4.81. The van der Waals surface area contributed by atoms with Crippen LogP contribution in [0.2, 0.25) is 0 Å². The Morgan fingerprint density at radius 2 is 1.77 bits per heavy atom. The molecule has 0 aliphatic carbocycles. The van der Waals surface area contributed by atoms with Gasteiger partial charge in [-0.3, -0.25) is 10.1 Å². The van der Waals surface area contributed by atoms with E-state index >= 15 is 0 Å². The molecule has 13 heavy (non-hydrogen) atoms. The van der Waals surface area contributed by atoms with Crippen molar-refractivity contribution in [1.82, 2.24) is 5.32 Å². The first kappa shape index (κ1) is 15.4. The molecule has 0 aliphatic rings. The molecule has 0 unspecified atom stereocenters. The van der Waals surface area contributed by atoms with E-state index in [0.717, 1.165) is 0 Å². The SMILES string of the molecule is Br.CCC(Br)(CC)C(=O)NC(N)=O. The quantitative estimate of drug-likeness (QED) is 0.778. The van der Waals surface area contributed by atoms with E-state index in [2.05, 4.69) is 15.9 Å². The van der Waals surface area contributed by atoms with Gasteiger partial charge in [0, 0.05) is 0 Å². The van der Waals surface area contributed by atoms with Gasteiger partial charge in [-0.25, -0.2) is 4.79 Å². The maximum atomic E-state index is 11.3. The van der Waals surface area contributed by atoms with E-state index in [1.54, 1.807) is 0 Å². The van der Waals surface area contributed by atoms with Crippen molar-refractivity contribution in [3.63, 3.8) is 0 Å². The Morgan fingerprint density at radius 1 is 1.38 bits per heavy atom. The van der Waals surface area contributed by atoms with Gasteiger partial charge in [0.05, 0.1) is 0 Å². The second-order valence-electron chi connectivity index (χ2n) is 2.49. The first-order chi connectivity index (χ1) is 5.46. The van der Waals surface area contributed by atoms with E-state index < -0.39 is 10.4 Å². The van der Waals surface area contributed by atoms with Crippen LogP contribution in [-0.4, -0.2) is 16.3 Å². The van der Waals surface area contributed by atoms with Gasteiger partial charge in [0.25, 0.3) is 0 Å². The Kier molecular flexibility index (Phi) is 7.53. The smallest absolute Gasteiger partial charge is 0.318 e. The molecule has 3 amide bonds. The Hall–Kier alpha value is -0.100. The lowest BCUT2D eigenvalue weighted by molar-refractivity contribution is -0.122. The van der Waals surface area contributed by atoms with Crippen LogP contribution in [-0.2, 0) is 4.79 Å². The monoisotopic (exact) mass is 316 g/mol. The molecular formula is C7H14Br2N2O2. The first-order valence-electron chi connectivity index (χ1n) is 3.76. The number of carbonyl (C=O) groups excluding carboxylic acids is 2. The largest absolute Gasteiger partial charge is 0.351 e. The molecule has 0 fully saturated rings. The lowest BCUT2D eigenvalue weighted by Crippen LogP contribution is -2.46. The number of carbonyl (C=O) groups is 2. The number of imide groups is 1. The highest BCUT2D eigenvalue weighted by molar-refractivity contribution is 9.10. The van der Waals surface area contributed by atoms with Crippen molar-refractivity contribution >= 4 is 44.8 Å². The summed E-state index contributed by atoms with van der Waals surface area (Å²) in [4.78, 5) is 21.6. The molecule has 0 rings (SSSR count). The third-order valence-electron chi connectivity index (χ3n) is 1.76. The van der Waals surface area contributed by atoms with Crippen LogP contribution in [0.15, 0.2) is 0 Å². The predicted molar refractivity (Wildman–Crippen MR) is 60.3 cm³/mol. The number of halogens is 2. The molecule has 0 atom stereocenters. The van der Waals surface area contributed by atoms with E-state index in [0.29, 0.717) is 12.8 Å². The van der Waals surface area contributed by atoms with Gasteiger partial charge in [-0.15, -0.1) is 17.0 Å². The van der Waals surface area contributed by atoms with E-state index in [1.165, 1.54) is 0 Å². The van der Waals surface area contributed by atoms with Crippen molar-refractivity contribution in [3.8, 4) is 0 Å². The molecule has 0 saturated carbocycles. The first-order valence-corrected chi connectivity index (χ1v) is 4.55. The highest BCUT2D eigenvalue weighted by atomic mass is 79.9. The number of amides is 3. The van der Waals surface area contributed by atoms with Crippen LogP contribution in [0.25, 0.3) is 0 Å². The fourth-order valence-corrected chi connectivity index (χ4v) is 0.894. The molecule has 0 bridgehead atoms. The lowest BCUT2D eigenvalue weighted by atomic mass is 10.0. The molecule has 0 aromatic heterocycles. The van der Waals surface area contributed by atoms with Crippen LogP contribution >= 0.6 is 32.9 Å². The number of urea groups is 1. The third-order valence-corrected chi connectivity index (χ3v) is 3.25. The number of primary amides is 1. The Morgan fingerprint density at radius 3 is 2.00 bits per heavy atom. The number of nitrogens with one attached hydrogen (secondary N) is 1. The molecule has 4 nitrogen and oxygen atoms in total. The van der Waals surface area contributed by atoms with E-state index in [-0.39, 0.29) is 22.9 Å². The fraction of sp³-hybridized carbons (Fsp3) is 0.714. The summed E-state index contributed by atoms with van der Waals surface area (Å²) in [7, 11) is 0. The van der Waals surface area contributed by atoms with Crippen molar-refractivity contribution in [2.24, 2.45) is 5.73 Å². The topological polar surface area (TPSA) is 72.2 Å². The third kappa shape index (κ3) is 4.61. The van der Waals surface area contributed by atoms with E-state index in [1.807, 2.05) is 19.2 Å². The van der Waals surface area contributed by atoms with Gasteiger partial charge in [0.2, 0.25) is 5.91 Å². The van der Waals surface area contributed by atoms with Gasteiger partial charge in [-0.2, -0.15) is 0 Å². The highest BCUT2D eigenvalue weighted by Crippen LogP contribution is 2.26. The van der Waals surface area contributed by atoms with E-state index in [9.17, 15) is 9.59 Å². The molecule has 0 heterocycles. The van der Waals surface area contributed by atoms with Gasteiger partial charge >= 0.3 is 6.03 Å². The zero-order valence-corrected chi connectivity index (χ0v) is 10.9. The zero-order chi connectivity index (χ0) is 9.78. The van der Waals surface area contributed by atoms with Gasteiger partial charge in [-0.05, 0) is 12.8 Å². The normalized spacial score (nSPS) is 10.1. The minimum Gasteiger partial charge on any atom is -0.351 e. The van der Waals surface area contributed by atoms with Crippen LogP contribution in [0.4, 0.5) is 4.79 Å². The number of hydrogen-bond donors (Lipinski definition) is 2. The second-order valence-corrected chi connectivity index (χ2v) is 4.01. The van der Waals surface area contributed by atoms with Crippen molar-refractivity contribution in [3.05, 3.63) is 0 Å². The summed E-state index contributed by atoms with van der Waals surface area (Å²) in [6.07, 6.45) is 1.23. The molecule has 0 saturated heterocycles. The standard InChI is InChI=1S/C7H13BrN2O2.BrH/c1-3-7(8,4-2)5(11)10-6(9)12;/h3-4H2,1-2H3,(H3,9,10,11,12);1H. The average Bonchev–Trinajstić information content (AvgIpc) is 2.02. The van der Waals surface area contributed by atoms with Gasteiger partial charge in [0.15, 0.2) is 0 Å². The Labute approximate surface area is 96.5 Å². The molecule has 6 heteroatoms. The molecule has 3 N–H and O–H groups in total. The van der Waals surface area contributed by atoms with Crippen LogP contribution in [0, 0.1) is 0 Å². The van der Waals surface area contributed by atoms with Crippen LogP contribution in [0.3, 0.4) is 0 Å². The van der Waals surface area contributed by atoms with Crippen molar-refractivity contribution in [2.75, 3.05) is 0 Å². The van der Waals surface area contributed by atoms with E-state index in [4.69, 9.17) is 5.73 Å². The Bertz CT molecular complexity index is 193. The summed E-state index contributed by atoms with van der Waals surface area (Å²) >= 11 is 3.26. The molecule has 0 aliphatic heterocycles. The maximum absolute atomic E-state index is 11.3. The molecule has 0 aromatic rings. The number of nitrogens with two attached hydrogens (primary N) is 1. The van der Waals surface area contributed by atoms with Gasteiger partial charge in [-0.1, -0.05) is 29.8 Å². The van der Waals surface area contributed by atoms with Crippen molar-refractivity contribution in [1.29, 1.82) is 0 Å². The number of hydrogen-bond acceptors (Lipinski definition) is 2. The average molecular weight is 318 g/mol. The summed E-state index contributed by atoms with van der Waals surface area (Å²) in [6.45, 7) is 3.72. The molecule has 0 spiro atoms. The minimum absolute atomic E-state index is 0. The summed E-state index contributed by atoms with van der Waals surface area (Å²) in [6, 6.07) is -0.814. The lowest BCUT2D eigenvalue weighted by Gasteiger charge is -2.21.